The molecule has 1 rings (SSSR count). The third-order valence-electron chi connectivity index (χ3n) is 1.63. The van der Waals surface area contributed by atoms with Crippen molar-refractivity contribution in [1.82, 2.24) is 0 Å². The van der Waals surface area contributed by atoms with Crippen molar-refractivity contribution >= 4 is 45.2 Å². The van der Waals surface area contributed by atoms with Crippen LogP contribution in [0.3, 0.4) is 0 Å². The van der Waals surface area contributed by atoms with Crippen LogP contribution in [0.4, 0.5) is 35.1 Å². The molecule has 1 fully saturated rings. The molecular weight excluding hydrogens is 498 g/mol. The summed E-state index contributed by atoms with van der Waals surface area (Å²) in [7, 11) is 0. The fourth-order valence-corrected chi connectivity index (χ4v) is 1.73. The van der Waals surface area contributed by atoms with Crippen LogP contribution in [0.2, 0.25) is 0 Å². The van der Waals surface area contributed by atoms with Crippen LogP contribution in [0, 0.1) is 0 Å². The molecule has 102 valence electrons. The van der Waals surface area contributed by atoms with E-state index in [0.717, 1.165) is 0 Å². The second-order valence-electron chi connectivity index (χ2n) is 2.85. The average Bonchev–Trinajstić information content (AvgIpc) is 2.15. The Hall–Kier alpha value is 0.820. The Labute approximate surface area is 115 Å². The standard InChI is InChI=1S/C5F8I2O2/c6-2(7,8)1(3(9,10)11)16-4(12,14)5(13,15)17-1/t4-,5-/m0/s1. The van der Waals surface area contributed by atoms with E-state index < -0.39 is 25.9 Å². The van der Waals surface area contributed by atoms with Gasteiger partial charge in [-0.3, -0.25) is 9.47 Å². The fourth-order valence-electron chi connectivity index (χ4n) is 0.893. The van der Waals surface area contributed by atoms with Gasteiger partial charge in [0.1, 0.15) is 0 Å². The molecule has 0 aromatic heterocycles. The summed E-state index contributed by atoms with van der Waals surface area (Å²) in [5, 5.41) is 0. The number of hydrogen-bond donors (Lipinski definition) is 0. The molecule has 0 bridgehead atoms. The molecule has 0 aromatic rings. The maximum absolute atomic E-state index is 13.2. The summed E-state index contributed by atoms with van der Waals surface area (Å²) < 4.78 is 98.6. The van der Waals surface area contributed by atoms with Gasteiger partial charge in [0.25, 0.3) is 0 Å². The second-order valence-corrected chi connectivity index (χ2v) is 5.62. The molecule has 0 aromatic carbocycles. The molecular formula is C5F8I2O2. The SMILES string of the molecule is FC(F)(F)C1(C(F)(F)F)O[C@@](F)(I)[C@](F)(I)O1. The number of halogens is 10. The topological polar surface area (TPSA) is 18.5 Å². The first kappa shape index (κ1) is 15.9. The zero-order valence-electron chi connectivity index (χ0n) is 7.10. The van der Waals surface area contributed by atoms with Crippen molar-refractivity contribution in [3.8, 4) is 0 Å². The van der Waals surface area contributed by atoms with Gasteiger partial charge in [0.05, 0.1) is 0 Å². The Bertz CT molecular complexity index is 289. The van der Waals surface area contributed by atoms with Gasteiger partial charge in [-0.1, -0.05) is 0 Å². The van der Waals surface area contributed by atoms with Gasteiger partial charge in [-0.2, -0.15) is 35.1 Å². The number of ether oxygens (including phenoxy) is 2. The minimum absolute atomic E-state index is 0.318. The molecule has 1 aliphatic rings. The third-order valence-corrected chi connectivity index (χ3v) is 4.49. The molecule has 17 heavy (non-hydrogen) atoms. The van der Waals surface area contributed by atoms with Gasteiger partial charge in [-0.15, -0.1) is 0 Å². The van der Waals surface area contributed by atoms with Gasteiger partial charge in [0.2, 0.25) is 0 Å². The Morgan fingerprint density at radius 2 is 0.941 bits per heavy atom. The van der Waals surface area contributed by atoms with Gasteiger partial charge in [0, 0.05) is 45.2 Å². The molecule has 0 unspecified atom stereocenters. The number of rotatable bonds is 0. The molecule has 0 N–H and O–H groups in total. The summed E-state index contributed by atoms with van der Waals surface area (Å²) in [6.45, 7) is 0. The van der Waals surface area contributed by atoms with Crippen LogP contribution in [-0.2, 0) is 9.47 Å². The van der Waals surface area contributed by atoms with E-state index in [9.17, 15) is 35.1 Å². The van der Waals surface area contributed by atoms with E-state index >= 15 is 0 Å². The fraction of sp³-hybridized carbons (Fsp3) is 1.00. The lowest BCUT2D eigenvalue weighted by atomic mass is 10.2. The maximum Gasteiger partial charge on any atom is 0.453 e. The number of alkyl halides is 10. The molecule has 1 aliphatic heterocycles. The molecule has 0 aliphatic carbocycles. The molecule has 0 radical (unpaired) electrons. The minimum Gasteiger partial charge on any atom is -0.284 e. The highest BCUT2D eigenvalue weighted by molar-refractivity contribution is 14.1. The second kappa shape index (κ2) is 3.91. The van der Waals surface area contributed by atoms with Crippen LogP contribution in [-0.4, -0.2) is 25.9 Å². The molecule has 0 spiro atoms. The third kappa shape index (κ3) is 2.33. The van der Waals surface area contributed by atoms with Gasteiger partial charge < -0.3 is 0 Å². The molecule has 12 heteroatoms. The molecule has 2 nitrogen and oxygen atoms in total. The van der Waals surface area contributed by atoms with Crippen LogP contribution >= 0.6 is 45.2 Å². The maximum atomic E-state index is 13.2. The first-order valence-corrected chi connectivity index (χ1v) is 5.61. The lowest BCUT2D eigenvalue weighted by molar-refractivity contribution is -0.452. The highest BCUT2D eigenvalue weighted by Gasteiger charge is 2.85. The Morgan fingerprint density at radius 1 is 0.706 bits per heavy atom. The van der Waals surface area contributed by atoms with E-state index in [1.807, 2.05) is 0 Å². The summed E-state index contributed by atoms with van der Waals surface area (Å²) in [6, 6.07) is 0. The van der Waals surface area contributed by atoms with E-state index in [-0.39, 0.29) is 0 Å². The molecule has 2 atom stereocenters. The van der Waals surface area contributed by atoms with Crippen molar-refractivity contribution in [2.75, 3.05) is 0 Å². The van der Waals surface area contributed by atoms with Crippen LogP contribution in [0.15, 0.2) is 0 Å². The van der Waals surface area contributed by atoms with E-state index in [1.165, 1.54) is 0 Å². The Balaban J connectivity index is 3.34. The van der Waals surface area contributed by atoms with E-state index in [4.69, 9.17) is 0 Å². The van der Waals surface area contributed by atoms with Crippen molar-refractivity contribution in [1.29, 1.82) is 0 Å². The lowest BCUT2D eigenvalue weighted by Crippen LogP contribution is -2.58. The molecule has 0 saturated carbocycles. The smallest absolute Gasteiger partial charge is 0.284 e. The molecule has 0 amide bonds. The van der Waals surface area contributed by atoms with Crippen LogP contribution < -0.4 is 0 Å². The van der Waals surface area contributed by atoms with E-state index in [2.05, 4.69) is 9.47 Å². The van der Waals surface area contributed by atoms with Crippen molar-refractivity contribution in [2.45, 2.75) is 25.9 Å². The van der Waals surface area contributed by atoms with Gasteiger partial charge in [0.15, 0.2) is 0 Å². The predicted molar refractivity (Wildman–Crippen MR) is 52.7 cm³/mol. The normalized spacial score (nSPS) is 38.5. The van der Waals surface area contributed by atoms with Crippen molar-refractivity contribution < 1.29 is 44.6 Å². The Kier molecular flexibility index (Phi) is 3.65. The largest absolute Gasteiger partial charge is 0.453 e. The first-order chi connectivity index (χ1) is 7.16. The lowest BCUT2D eigenvalue weighted by Gasteiger charge is -2.31. The average molecular weight is 498 g/mol. The molecule has 1 heterocycles. The summed E-state index contributed by atoms with van der Waals surface area (Å²) in [5.41, 5.74) is 0. The molecule has 1 saturated heterocycles. The first-order valence-electron chi connectivity index (χ1n) is 3.46. The quantitative estimate of drug-likeness (QED) is 0.286. The van der Waals surface area contributed by atoms with Crippen LogP contribution in [0.1, 0.15) is 0 Å². The van der Waals surface area contributed by atoms with Crippen molar-refractivity contribution in [3.05, 3.63) is 0 Å². The van der Waals surface area contributed by atoms with Crippen molar-refractivity contribution in [2.24, 2.45) is 0 Å². The minimum atomic E-state index is -6.19. The summed E-state index contributed by atoms with van der Waals surface area (Å²) in [6.07, 6.45) is -12.4. The number of hydrogen-bond acceptors (Lipinski definition) is 2. The summed E-state index contributed by atoms with van der Waals surface area (Å²) >= 11 is 0.635. The summed E-state index contributed by atoms with van der Waals surface area (Å²) in [5.74, 6) is -5.33. The van der Waals surface area contributed by atoms with E-state index in [0.29, 0.717) is 45.2 Å². The monoisotopic (exact) mass is 498 g/mol. The van der Waals surface area contributed by atoms with E-state index in [1.54, 1.807) is 0 Å². The Morgan fingerprint density at radius 3 is 1.06 bits per heavy atom. The van der Waals surface area contributed by atoms with Crippen molar-refractivity contribution in [3.63, 3.8) is 0 Å². The zero-order valence-corrected chi connectivity index (χ0v) is 11.4. The highest BCUT2D eigenvalue weighted by Crippen LogP contribution is 2.62. The van der Waals surface area contributed by atoms with Crippen LogP contribution in [0.25, 0.3) is 0 Å². The summed E-state index contributed by atoms with van der Waals surface area (Å²) in [4.78, 5) is 0. The van der Waals surface area contributed by atoms with Crippen LogP contribution in [0.5, 0.6) is 0 Å². The van der Waals surface area contributed by atoms with Gasteiger partial charge in [-0.05, 0) is 0 Å². The zero-order chi connectivity index (χ0) is 13.9. The van der Waals surface area contributed by atoms with Gasteiger partial charge in [-0.25, -0.2) is 0 Å². The highest BCUT2D eigenvalue weighted by atomic mass is 127. The van der Waals surface area contributed by atoms with Gasteiger partial charge >= 0.3 is 25.9 Å². The predicted octanol–water partition coefficient (Wildman–Crippen LogP) is 3.97.